The number of aliphatic hydroxyl groups excluding tert-OH is 4. The maximum atomic E-state index is 12.8. The summed E-state index contributed by atoms with van der Waals surface area (Å²) in [5.74, 6) is -0.319. The summed E-state index contributed by atoms with van der Waals surface area (Å²) in [7, 11) is 0. The van der Waals surface area contributed by atoms with Crippen LogP contribution in [-0.2, 0) is 23.7 Å². The van der Waals surface area contributed by atoms with Gasteiger partial charge in [-0.05, 0) is 77.0 Å². The van der Waals surface area contributed by atoms with Crippen molar-refractivity contribution in [1.82, 2.24) is 0 Å². The van der Waals surface area contributed by atoms with Crippen LogP contribution in [-0.4, -0.2) is 89.6 Å². The zero-order chi connectivity index (χ0) is 46.4. The minimum absolute atomic E-state index is 0.117. The molecule has 9 heteroatoms. The Morgan fingerprint density at radius 2 is 0.953 bits per heavy atom. The van der Waals surface area contributed by atoms with E-state index in [0.29, 0.717) is 13.0 Å². The van der Waals surface area contributed by atoms with Gasteiger partial charge in [0.2, 0.25) is 0 Å². The molecule has 0 aromatic rings. The molecule has 1 heterocycles. The molecule has 1 rings (SSSR count). The first-order valence-electron chi connectivity index (χ1n) is 26.4. The van der Waals surface area contributed by atoms with Crippen LogP contribution in [0.3, 0.4) is 0 Å². The van der Waals surface area contributed by atoms with E-state index in [4.69, 9.17) is 18.9 Å². The van der Waals surface area contributed by atoms with E-state index in [1.54, 1.807) is 0 Å². The molecule has 1 saturated heterocycles. The highest BCUT2D eigenvalue weighted by molar-refractivity contribution is 5.69. The summed E-state index contributed by atoms with van der Waals surface area (Å²) in [4.78, 5) is 12.8. The normalized spacial score (nSPS) is 20.0. The molecule has 0 radical (unpaired) electrons. The van der Waals surface area contributed by atoms with Crippen molar-refractivity contribution in [1.29, 1.82) is 0 Å². The molecule has 0 aromatic carbocycles. The maximum absolute atomic E-state index is 12.8. The van der Waals surface area contributed by atoms with Gasteiger partial charge in [-0.1, -0.05) is 197 Å². The molecule has 372 valence electrons. The highest BCUT2D eigenvalue weighted by Gasteiger charge is 2.44. The number of carbonyl (C=O) groups excluding carboxylic acids is 1. The standard InChI is InChI=1S/C55H98O9/c1-3-5-7-9-11-13-15-17-19-21-22-23-24-25-26-27-29-31-33-35-37-39-41-43-45-61-47-49(48-62-55-54(60)53(59)52(58)50(46-56)64-55)63-51(57)44-42-40-38-36-34-32-30-28-20-18-16-14-12-10-8-6-4-2/h5,7,11,13,17-20,22-23,49-50,52-56,58-60H,3-4,6,8-10,12,14-16,21,24-48H2,1-2H3/b7-5-,13-11-,19-17-,20-18-,23-22-. The third-order valence-electron chi connectivity index (χ3n) is 11.9. The van der Waals surface area contributed by atoms with Gasteiger partial charge in [0, 0.05) is 13.0 Å². The number of allylic oxidation sites excluding steroid dienone is 10. The number of unbranched alkanes of at least 4 members (excludes halogenated alkanes) is 24. The van der Waals surface area contributed by atoms with Crippen molar-refractivity contribution in [3.8, 4) is 0 Å². The fourth-order valence-corrected chi connectivity index (χ4v) is 7.83. The Morgan fingerprint density at radius 1 is 0.516 bits per heavy atom. The highest BCUT2D eigenvalue weighted by Crippen LogP contribution is 2.23. The molecule has 4 N–H and O–H groups in total. The Balaban J connectivity index is 2.19. The van der Waals surface area contributed by atoms with E-state index in [-0.39, 0.29) is 19.2 Å². The Labute approximate surface area is 392 Å². The summed E-state index contributed by atoms with van der Waals surface area (Å²) >= 11 is 0. The molecule has 0 aliphatic carbocycles. The van der Waals surface area contributed by atoms with Gasteiger partial charge >= 0.3 is 5.97 Å². The molecule has 1 aliphatic rings. The van der Waals surface area contributed by atoms with Crippen molar-refractivity contribution in [2.24, 2.45) is 0 Å². The Hall–Kier alpha value is -2.11. The lowest BCUT2D eigenvalue weighted by molar-refractivity contribution is -0.305. The van der Waals surface area contributed by atoms with Crippen LogP contribution in [0.1, 0.15) is 219 Å². The maximum Gasteiger partial charge on any atom is 0.306 e. The van der Waals surface area contributed by atoms with Crippen LogP contribution < -0.4 is 0 Å². The predicted octanol–water partition coefficient (Wildman–Crippen LogP) is 13.0. The summed E-state index contributed by atoms with van der Waals surface area (Å²) < 4.78 is 22.9. The first-order valence-corrected chi connectivity index (χ1v) is 26.4. The average molecular weight is 903 g/mol. The highest BCUT2D eigenvalue weighted by atomic mass is 16.7. The third-order valence-corrected chi connectivity index (χ3v) is 11.9. The van der Waals surface area contributed by atoms with Crippen LogP contribution >= 0.6 is 0 Å². The zero-order valence-electron chi connectivity index (χ0n) is 41.0. The van der Waals surface area contributed by atoms with Gasteiger partial charge in [-0.25, -0.2) is 0 Å². The van der Waals surface area contributed by atoms with Crippen LogP contribution in [0.2, 0.25) is 0 Å². The van der Waals surface area contributed by atoms with E-state index in [1.165, 1.54) is 141 Å². The van der Waals surface area contributed by atoms with Gasteiger partial charge < -0.3 is 39.4 Å². The summed E-state index contributed by atoms with van der Waals surface area (Å²) in [6, 6.07) is 0. The average Bonchev–Trinajstić information content (AvgIpc) is 3.30. The number of ether oxygens (including phenoxy) is 4. The van der Waals surface area contributed by atoms with E-state index >= 15 is 0 Å². The van der Waals surface area contributed by atoms with E-state index < -0.39 is 43.4 Å². The Kier molecular flexibility index (Phi) is 43.1. The zero-order valence-corrected chi connectivity index (χ0v) is 41.0. The van der Waals surface area contributed by atoms with Gasteiger partial charge in [0.25, 0.3) is 0 Å². The van der Waals surface area contributed by atoms with Crippen LogP contribution in [0.4, 0.5) is 0 Å². The van der Waals surface area contributed by atoms with Gasteiger partial charge in [-0.15, -0.1) is 0 Å². The van der Waals surface area contributed by atoms with E-state index in [1.807, 2.05) is 0 Å². The topological polar surface area (TPSA) is 135 Å². The van der Waals surface area contributed by atoms with Gasteiger partial charge in [0.05, 0.1) is 19.8 Å². The third kappa shape index (κ3) is 36.1. The second-order valence-corrected chi connectivity index (χ2v) is 17.9. The molecule has 64 heavy (non-hydrogen) atoms. The summed E-state index contributed by atoms with van der Waals surface area (Å²) in [6.07, 6.45) is 52.5. The summed E-state index contributed by atoms with van der Waals surface area (Å²) in [6.45, 7) is 4.45. The summed E-state index contributed by atoms with van der Waals surface area (Å²) in [5, 5.41) is 40.3. The number of hydrogen-bond acceptors (Lipinski definition) is 9. The Morgan fingerprint density at radius 3 is 1.45 bits per heavy atom. The fraction of sp³-hybridized carbons (Fsp3) is 0.800. The predicted molar refractivity (Wildman–Crippen MR) is 265 cm³/mol. The minimum Gasteiger partial charge on any atom is -0.457 e. The van der Waals surface area contributed by atoms with Crippen molar-refractivity contribution in [3.63, 3.8) is 0 Å². The van der Waals surface area contributed by atoms with Crippen LogP contribution in [0.5, 0.6) is 0 Å². The van der Waals surface area contributed by atoms with Crippen molar-refractivity contribution in [2.45, 2.75) is 256 Å². The van der Waals surface area contributed by atoms with Crippen molar-refractivity contribution >= 4 is 5.97 Å². The lowest BCUT2D eigenvalue weighted by Crippen LogP contribution is -2.59. The molecule has 1 aliphatic heterocycles. The molecule has 0 bridgehead atoms. The second kappa shape index (κ2) is 46.0. The molecule has 0 aromatic heterocycles. The molecule has 6 atom stereocenters. The van der Waals surface area contributed by atoms with Crippen molar-refractivity contribution < 1.29 is 44.2 Å². The first-order chi connectivity index (χ1) is 31.4. The van der Waals surface area contributed by atoms with Gasteiger partial charge in [0.1, 0.15) is 30.5 Å². The number of aliphatic hydroxyl groups is 4. The Bertz CT molecular complexity index is 1160. The van der Waals surface area contributed by atoms with Crippen LogP contribution in [0.25, 0.3) is 0 Å². The van der Waals surface area contributed by atoms with E-state index in [9.17, 15) is 25.2 Å². The first kappa shape index (κ1) is 59.9. The molecule has 9 nitrogen and oxygen atoms in total. The number of carbonyl (C=O) groups is 1. The van der Waals surface area contributed by atoms with Gasteiger partial charge in [0.15, 0.2) is 6.29 Å². The summed E-state index contributed by atoms with van der Waals surface area (Å²) in [5.41, 5.74) is 0. The van der Waals surface area contributed by atoms with E-state index in [2.05, 4.69) is 74.6 Å². The largest absolute Gasteiger partial charge is 0.457 e. The minimum atomic E-state index is -1.54. The number of hydrogen-bond donors (Lipinski definition) is 4. The quantitative estimate of drug-likeness (QED) is 0.0268. The van der Waals surface area contributed by atoms with Crippen LogP contribution in [0.15, 0.2) is 60.8 Å². The van der Waals surface area contributed by atoms with Crippen LogP contribution in [0, 0.1) is 0 Å². The lowest BCUT2D eigenvalue weighted by Gasteiger charge is -2.39. The smallest absolute Gasteiger partial charge is 0.306 e. The molecule has 1 fully saturated rings. The van der Waals surface area contributed by atoms with Gasteiger partial charge in [-0.3, -0.25) is 4.79 Å². The molecular formula is C55H98O9. The second-order valence-electron chi connectivity index (χ2n) is 17.9. The molecular weight excluding hydrogens is 805 g/mol. The number of rotatable bonds is 45. The molecule has 0 amide bonds. The SMILES string of the molecule is CC/C=C\C/C=C\C/C=C\C/C=C\CCCCCCCCCCCCCOCC(COC1OC(CO)C(O)C(O)C1O)OC(=O)CCCCCCCCC/C=C\CCCCCCCC. The van der Waals surface area contributed by atoms with Gasteiger partial charge in [-0.2, -0.15) is 0 Å². The molecule has 0 saturated carbocycles. The lowest BCUT2D eigenvalue weighted by atomic mass is 9.99. The van der Waals surface area contributed by atoms with E-state index in [0.717, 1.165) is 57.8 Å². The number of esters is 1. The fourth-order valence-electron chi connectivity index (χ4n) is 7.83. The van der Waals surface area contributed by atoms with Crippen molar-refractivity contribution in [3.05, 3.63) is 60.8 Å². The monoisotopic (exact) mass is 903 g/mol. The molecule has 6 unspecified atom stereocenters. The van der Waals surface area contributed by atoms with Crippen molar-refractivity contribution in [2.75, 3.05) is 26.4 Å². The molecule has 0 spiro atoms.